The van der Waals surface area contributed by atoms with Crippen molar-refractivity contribution < 1.29 is 0 Å². The third kappa shape index (κ3) is 2.90. The molecule has 4 rings (SSSR count). The van der Waals surface area contributed by atoms with Crippen molar-refractivity contribution in [2.24, 2.45) is 0 Å². The van der Waals surface area contributed by atoms with Crippen LogP contribution in [0.15, 0.2) is 23.0 Å². The van der Waals surface area contributed by atoms with Crippen LogP contribution >= 0.6 is 34.5 Å². The number of H-pyrrole nitrogens is 1. The Hall–Kier alpha value is -1.62. The molecule has 6 heteroatoms. The number of nitrogens with zero attached hydrogens (tertiary/aromatic N) is 1. The molecule has 0 spiro atoms. The van der Waals surface area contributed by atoms with Crippen molar-refractivity contribution in [1.82, 2.24) is 9.97 Å². The van der Waals surface area contributed by atoms with Crippen LogP contribution in [0.4, 0.5) is 0 Å². The summed E-state index contributed by atoms with van der Waals surface area (Å²) in [5, 5.41) is 1.93. The third-order valence-corrected chi connectivity index (χ3v) is 5.97. The van der Waals surface area contributed by atoms with Crippen LogP contribution in [-0.4, -0.2) is 9.97 Å². The predicted molar refractivity (Wildman–Crippen MR) is 102 cm³/mol. The Kier molecular flexibility index (Phi) is 4.21. The minimum absolute atomic E-state index is 0.0544. The molecule has 3 aromatic rings. The van der Waals surface area contributed by atoms with Gasteiger partial charge in [-0.15, -0.1) is 11.3 Å². The van der Waals surface area contributed by atoms with E-state index in [-0.39, 0.29) is 5.56 Å². The monoisotopic (exact) mass is 376 g/mol. The molecule has 0 fully saturated rings. The molecule has 0 amide bonds. The fourth-order valence-electron chi connectivity index (χ4n) is 3.06. The fourth-order valence-corrected chi connectivity index (χ4v) is 4.81. The van der Waals surface area contributed by atoms with E-state index in [1.54, 1.807) is 29.5 Å². The number of aromatic nitrogens is 2. The van der Waals surface area contributed by atoms with Crippen molar-refractivity contribution in [1.29, 1.82) is 0 Å². The molecule has 1 N–H and O–H groups in total. The first-order valence-corrected chi connectivity index (χ1v) is 9.37. The molecule has 0 aliphatic heterocycles. The highest BCUT2D eigenvalue weighted by Gasteiger charge is 2.19. The van der Waals surface area contributed by atoms with Crippen LogP contribution in [-0.2, 0) is 12.8 Å². The Balaban J connectivity index is 1.75. The maximum Gasteiger partial charge on any atom is 0.260 e. The van der Waals surface area contributed by atoms with Gasteiger partial charge in [-0.3, -0.25) is 4.79 Å². The van der Waals surface area contributed by atoms with Crippen LogP contribution in [0.3, 0.4) is 0 Å². The minimum atomic E-state index is -0.0544. The average molecular weight is 377 g/mol. The molecule has 1 aromatic carbocycles. The number of fused-ring (bicyclic) bond motifs is 3. The normalized spacial score (nSPS) is 14.4. The van der Waals surface area contributed by atoms with Gasteiger partial charge < -0.3 is 4.98 Å². The topological polar surface area (TPSA) is 45.8 Å². The van der Waals surface area contributed by atoms with E-state index in [1.165, 1.54) is 16.9 Å². The molecule has 1 aliphatic rings. The van der Waals surface area contributed by atoms with Crippen LogP contribution < -0.4 is 5.56 Å². The number of halogens is 2. The number of hydrogen-bond donors (Lipinski definition) is 1. The molecule has 0 bridgehead atoms. The lowest BCUT2D eigenvalue weighted by Crippen LogP contribution is -2.11. The van der Waals surface area contributed by atoms with Gasteiger partial charge in [-0.1, -0.05) is 29.3 Å². The molecule has 0 radical (unpaired) electrons. The largest absolute Gasteiger partial charge is 0.306 e. The van der Waals surface area contributed by atoms with E-state index in [0.717, 1.165) is 35.0 Å². The van der Waals surface area contributed by atoms with Gasteiger partial charge in [0.25, 0.3) is 5.56 Å². The Morgan fingerprint density at radius 3 is 2.83 bits per heavy atom. The molecule has 2 heterocycles. The van der Waals surface area contributed by atoms with E-state index in [9.17, 15) is 4.79 Å². The SMILES string of the molecule is O=c1[nH]c(C=Cc2ccc(Cl)cc2Cl)nc2sc3c(c12)CCCC3. The Labute approximate surface area is 153 Å². The summed E-state index contributed by atoms with van der Waals surface area (Å²) in [6, 6.07) is 5.30. The summed E-state index contributed by atoms with van der Waals surface area (Å²) in [4.78, 5) is 22.1. The van der Waals surface area contributed by atoms with Crippen LogP contribution in [0.1, 0.15) is 34.7 Å². The van der Waals surface area contributed by atoms with Gasteiger partial charge >= 0.3 is 0 Å². The predicted octanol–water partition coefficient (Wildman–Crippen LogP) is 5.34. The lowest BCUT2D eigenvalue weighted by atomic mass is 9.97. The van der Waals surface area contributed by atoms with Crippen LogP contribution in [0, 0.1) is 0 Å². The van der Waals surface area contributed by atoms with Crippen LogP contribution in [0.5, 0.6) is 0 Å². The summed E-state index contributed by atoms with van der Waals surface area (Å²) in [6.45, 7) is 0. The summed E-state index contributed by atoms with van der Waals surface area (Å²) in [7, 11) is 0. The molecule has 1 aliphatic carbocycles. The Bertz CT molecular complexity index is 1020. The highest BCUT2D eigenvalue weighted by atomic mass is 35.5. The van der Waals surface area contributed by atoms with Gasteiger partial charge in [-0.2, -0.15) is 0 Å². The maximum absolute atomic E-state index is 12.5. The van der Waals surface area contributed by atoms with Gasteiger partial charge in [0, 0.05) is 14.9 Å². The van der Waals surface area contributed by atoms with Crippen molar-refractivity contribution in [2.75, 3.05) is 0 Å². The van der Waals surface area contributed by atoms with Crippen molar-refractivity contribution >= 4 is 56.9 Å². The second-order valence-electron chi connectivity index (χ2n) is 5.84. The second kappa shape index (κ2) is 6.36. The Morgan fingerprint density at radius 1 is 1.17 bits per heavy atom. The van der Waals surface area contributed by atoms with Gasteiger partial charge in [0.15, 0.2) is 0 Å². The van der Waals surface area contributed by atoms with Crippen LogP contribution in [0.25, 0.3) is 22.4 Å². The first-order chi connectivity index (χ1) is 11.6. The van der Waals surface area contributed by atoms with E-state index in [2.05, 4.69) is 9.97 Å². The van der Waals surface area contributed by atoms with Crippen molar-refractivity contribution in [3.63, 3.8) is 0 Å². The maximum atomic E-state index is 12.5. The number of rotatable bonds is 2. The summed E-state index contributed by atoms with van der Waals surface area (Å²) in [5.74, 6) is 0.539. The van der Waals surface area contributed by atoms with E-state index in [0.29, 0.717) is 15.9 Å². The number of thiophene rings is 1. The van der Waals surface area contributed by atoms with Crippen molar-refractivity contribution in [3.05, 3.63) is 60.4 Å². The molecule has 0 saturated heterocycles. The molecular weight excluding hydrogens is 363 g/mol. The molecule has 122 valence electrons. The molecule has 0 unspecified atom stereocenters. The number of nitrogens with one attached hydrogen (secondary N) is 1. The van der Waals surface area contributed by atoms with E-state index in [4.69, 9.17) is 23.2 Å². The van der Waals surface area contributed by atoms with Gasteiger partial charge in [0.1, 0.15) is 10.7 Å². The zero-order valence-electron chi connectivity index (χ0n) is 12.7. The van der Waals surface area contributed by atoms with Crippen molar-refractivity contribution in [2.45, 2.75) is 25.7 Å². The molecular formula is C18H14Cl2N2OS. The van der Waals surface area contributed by atoms with Gasteiger partial charge in [0.2, 0.25) is 0 Å². The molecule has 24 heavy (non-hydrogen) atoms. The number of hydrogen-bond acceptors (Lipinski definition) is 3. The lowest BCUT2D eigenvalue weighted by molar-refractivity contribution is 0.700. The summed E-state index contributed by atoms with van der Waals surface area (Å²) < 4.78 is 0. The third-order valence-electron chi connectivity index (χ3n) is 4.23. The average Bonchev–Trinajstić information content (AvgIpc) is 2.92. The number of aromatic amines is 1. The first kappa shape index (κ1) is 15.9. The summed E-state index contributed by atoms with van der Waals surface area (Å²) >= 11 is 13.7. The quantitative estimate of drug-likeness (QED) is 0.655. The van der Waals surface area contributed by atoms with Gasteiger partial charge in [-0.05, 0) is 61.1 Å². The minimum Gasteiger partial charge on any atom is -0.306 e. The molecule has 3 nitrogen and oxygen atoms in total. The lowest BCUT2D eigenvalue weighted by Gasteiger charge is -2.09. The summed E-state index contributed by atoms with van der Waals surface area (Å²) in [5.41, 5.74) is 1.97. The second-order valence-corrected chi connectivity index (χ2v) is 7.77. The molecule has 0 atom stereocenters. The Morgan fingerprint density at radius 2 is 2.00 bits per heavy atom. The first-order valence-electron chi connectivity index (χ1n) is 7.79. The van der Waals surface area contributed by atoms with Gasteiger partial charge in [0.05, 0.1) is 5.39 Å². The smallest absolute Gasteiger partial charge is 0.260 e. The number of aryl methyl sites for hydroxylation is 2. The highest BCUT2D eigenvalue weighted by Crippen LogP contribution is 2.33. The zero-order chi connectivity index (χ0) is 16.7. The van der Waals surface area contributed by atoms with E-state index in [1.807, 2.05) is 12.1 Å². The fraction of sp³-hybridized carbons (Fsp3) is 0.222. The zero-order valence-corrected chi connectivity index (χ0v) is 15.1. The number of benzene rings is 1. The molecule has 2 aromatic heterocycles. The van der Waals surface area contributed by atoms with Crippen LogP contribution in [0.2, 0.25) is 10.0 Å². The van der Waals surface area contributed by atoms with E-state index < -0.39 is 0 Å². The van der Waals surface area contributed by atoms with E-state index >= 15 is 0 Å². The standard InChI is InChI=1S/C18H14Cl2N2OS/c19-11-7-5-10(13(20)9-11)6-8-15-21-17(23)16-12-3-1-2-4-14(12)24-18(16)22-15/h5-9H,1-4H2,(H,21,22,23). The summed E-state index contributed by atoms with van der Waals surface area (Å²) in [6.07, 6.45) is 7.98. The molecule has 0 saturated carbocycles. The van der Waals surface area contributed by atoms with Crippen molar-refractivity contribution in [3.8, 4) is 0 Å². The highest BCUT2D eigenvalue weighted by molar-refractivity contribution is 7.18. The van der Waals surface area contributed by atoms with Gasteiger partial charge in [-0.25, -0.2) is 4.98 Å².